The summed E-state index contributed by atoms with van der Waals surface area (Å²) in [5.74, 6) is -0.994. The monoisotopic (exact) mass is 234 g/mol. The van der Waals surface area contributed by atoms with E-state index in [1.54, 1.807) is 0 Å². The normalized spacial score (nSPS) is 19.3. The molecule has 0 radical (unpaired) electrons. The molecule has 5 nitrogen and oxygen atoms in total. The SMILES string of the molecule is Cc1cccc(C)c1N1C(=O)NCC1C(=O)O. The molecule has 17 heavy (non-hydrogen) atoms. The molecule has 2 rings (SSSR count). The summed E-state index contributed by atoms with van der Waals surface area (Å²) in [6, 6.07) is 4.44. The summed E-state index contributed by atoms with van der Waals surface area (Å²) < 4.78 is 0. The molecule has 1 atom stereocenters. The van der Waals surface area contributed by atoms with Crippen LogP contribution in [0.15, 0.2) is 18.2 Å². The molecule has 1 aliphatic rings. The molecule has 0 saturated carbocycles. The average Bonchev–Trinajstić information content (AvgIpc) is 2.61. The standard InChI is InChI=1S/C12H14N2O3/c1-7-4-3-5-8(2)10(7)14-9(11(15)16)6-13-12(14)17/h3-5,9H,6H2,1-2H3,(H,13,17)(H,15,16). The Labute approximate surface area is 99.0 Å². The number of anilines is 1. The van der Waals surface area contributed by atoms with Crippen LogP contribution in [-0.4, -0.2) is 29.7 Å². The molecule has 1 aromatic rings. The number of aliphatic carboxylic acids is 1. The number of nitrogens with one attached hydrogen (secondary N) is 1. The summed E-state index contributed by atoms with van der Waals surface area (Å²) in [6.45, 7) is 3.88. The van der Waals surface area contributed by atoms with Crippen LogP contribution in [0.5, 0.6) is 0 Å². The lowest BCUT2D eigenvalue weighted by Gasteiger charge is -2.23. The molecule has 1 unspecified atom stereocenters. The number of rotatable bonds is 2. The zero-order valence-corrected chi connectivity index (χ0v) is 9.73. The Bertz CT molecular complexity index is 464. The molecule has 0 spiro atoms. The maximum absolute atomic E-state index is 11.7. The van der Waals surface area contributed by atoms with Crippen molar-refractivity contribution in [1.29, 1.82) is 0 Å². The largest absolute Gasteiger partial charge is 0.480 e. The number of nitrogens with zero attached hydrogens (tertiary/aromatic N) is 1. The number of carboxylic acids is 1. The number of amides is 2. The van der Waals surface area contributed by atoms with Crippen LogP contribution in [0.1, 0.15) is 11.1 Å². The molecular weight excluding hydrogens is 220 g/mol. The number of carboxylic acid groups (broad SMARTS) is 1. The maximum Gasteiger partial charge on any atom is 0.328 e. The third-order valence-corrected chi connectivity index (χ3v) is 2.94. The summed E-state index contributed by atoms with van der Waals surface area (Å²) in [4.78, 5) is 24.2. The molecule has 5 heteroatoms. The number of carbonyl (C=O) groups is 2. The van der Waals surface area contributed by atoms with Crippen LogP contribution < -0.4 is 10.2 Å². The lowest BCUT2D eigenvalue weighted by molar-refractivity contribution is -0.137. The fraction of sp³-hybridized carbons (Fsp3) is 0.333. The molecule has 2 N–H and O–H groups in total. The minimum atomic E-state index is -0.994. The number of aryl methyl sites for hydroxylation is 2. The molecule has 1 fully saturated rings. The van der Waals surface area contributed by atoms with Gasteiger partial charge in [0.25, 0.3) is 0 Å². The Morgan fingerprint density at radius 1 is 1.41 bits per heavy atom. The topological polar surface area (TPSA) is 69.6 Å². The zero-order valence-electron chi connectivity index (χ0n) is 9.73. The molecule has 0 aromatic heterocycles. The fourth-order valence-corrected chi connectivity index (χ4v) is 2.14. The highest BCUT2D eigenvalue weighted by Crippen LogP contribution is 2.28. The Kier molecular flexibility index (Phi) is 2.75. The van der Waals surface area contributed by atoms with E-state index in [9.17, 15) is 9.59 Å². The van der Waals surface area contributed by atoms with Crippen molar-refractivity contribution in [2.75, 3.05) is 11.4 Å². The number of benzene rings is 1. The van der Waals surface area contributed by atoms with Gasteiger partial charge in [-0.15, -0.1) is 0 Å². The van der Waals surface area contributed by atoms with Crippen molar-refractivity contribution in [3.63, 3.8) is 0 Å². The third-order valence-electron chi connectivity index (χ3n) is 2.94. The Balaban J connectivity index is 2.50. The first-order valence-corrected chi connectivity index (χ1v) is 5.38. The summed E-state index contributed by atoms with van der Waals surface area (Å²) in [6.07, 6.45) is 0. The van der Waals surface area contributed by atoms with Crippen LogP contribution in [0.25, 0.3) is 0 Å². The molecule has 1 heterocycles. The minimum absolute atomic E-state index is 0.141. The van der Waals surface area contributed by atoms with E-state index in [2.05, 4.69) is 5.32 Å². The molecule has 0 aliphatic carbocycles. The highest BCUT2D eigenvalue weighted by Gasteiger charge is 2.38. The van der Waals surface area contributed by atoms with Gasteiger partial charge in [0.05, 0.1) is 12.2 Å². The van der Waals surface area contributed by atoms with Gasteiger partial charge in [-0.3, -0.25) is 4.90 Å². The number of carbonyl (C=O) groups excluding carboxylic acids is 1. The van der Waals surface area contributed by atoms with E-state index in [0.29, 0.717) is 5.69 Å². The first kappa shape index (κ1) is 11.4. The van der Waals surface area contributed by atoms with Gasteiger partial charge in [-0.05, 0) is 25.0 Å². The van der Waals surface area contributed by atoms with Crippen LogP contribution >= 0.6 is 0 Å². The number of urea groups is 1. The first-order valence-electron chi connectivity index (χ1n) is 5.38. The minimum Gasteiger partial charge on any atom is -0.480 e. The van der Waals surface area contributed by atoms with Crippen molar-refractivity contribution < 1.29 is 14.7 Å². The molecule has 1 saturated heterocycles. The second kappa shape index (κ2) is 4.08. The number of para-hydroxylation sites is 1. The fourth-order valence-electron chi connectivity index (χ4n) is 2.14. The van der Waals surface area contributed by atoms with Crippen molar-refractivity contribution in [3.05, 3.63) is 29.3 Å². The van der Waals surface area contributed by atoms with E-state index in [4.69, 9.17) is 5.11 Å². The van der Waals surface area contributed by atoms with Gasteiger partial charge in [-0.1, -0.05) is 18.2 Å². The lowest BCUT2D eigenvalue weighted by Crippen LogP contribution is -2.40. The highest BCUT2D eigenvalue weighted by molar-refractivity contribution is 6.02. The quantitative estimate of drug-likeness (QED) is 0.810. The molecule has 2 amide bonds. The van der Waals surface area contributed by atoms with Gasteiger partial charge in [-0.2, -0.15) is 0 Å². The maximum atomic E-state index is 11.7. The number of hydrogen-bond donors (Lipinski definition) is 2. The van der Waals surface area contributed by atoms with Gasteiger partial charge in [0.2, 0.25) is 0 Å². The van der Waals surface area contributed by atoms with Gasteiger partial charge in [0.1, 0.15) is 0 Å². The van der Waals surface area contributed by atoms with E-state index in [0.717, 1.165) is 11.1 Å². The Morgan fingerprint density at radius 2 is 2.00 bits per heavy atom. The predicted molar refractivity (Wildman–Crippen MR) is 63.2 cm³/mol. The number of hydrogen-bond acceptors (Lipinski definition) is 2. The third kappa shape index (κ3) is 1.84. The van der Waals surface area contributed by atoms with E-state index in [1.165, 1.54) is 4.90 Å². The van der Waals surface area contributed by atoms with Crippen LogP contribution in [0.2, 0.25) is 0 Å². The van der Waals surface area contributed by atoms with Crippen molar-refractivity contribution in [2.45, 2.75) is 19.9 Å². The van der Waals surface area contributed by atoms with E-state index < -0.39 is 12.0 Å². The highest BCUT2D eigenvalue weighted by atomic mass is 16.4. The first-order chi connectivity index (χ1) is 8.02. The Morgan fingerprint density at radius 3 is 2.53 bits per heavy atom. The van der Waals surface area contributed by atoms with Crippen LogP contribution in [0.4, 0.5) is 10.5 Å². The molecular formula is C12H14N2O3. The van der Waals surface area contributed by atoms with Crippen LogP contribution in [0.3, 0.4) is 0 Å². The smallest absolute Gasteiger partial charge is 0.328 e. The van der Waals surface area contributed by atoms with Crippen LogP contribution in [-0.2, 0) is 4.79 Å². The van der Waals surface area contributed by atoms with Crippen molar-refractivity contribution >= 4 is 17.7 Å². The molecule has 1 aliphatic heterocycles. The summed E-state index contributed by atoms with van der Waals surface area (Å²) in [5.41, 5.74) is 2.48. The molecule has 1 aromatic carbocycles. The van der Waals surface area contributed by atoms with Crippen LogP contribution in [0, 0.1) is 13.8 Å². The van der Waals surface area contributed by atoms with Crippen molar-refractivity contribution in [1.82, 2.24) is 5.32 Å². The summed E-state index contributed by atoms with van der Waals surface area (Å²) in [5, 5.41) is 11.7. The van der Waals surface area contributed by atoms with E-state index in [-0.39, 0.29) is 12.6 Å². The average molecular weight is 234 g/mol. The van der Waals surface area contributed by atoms with Crippen molar-refractivity contribution in [3.8, 4) is 0 Å². The van der Waals surface area contributed by atoms with Gasteiger partial charge in [0.15, 0.2) is 6.04 Å². The van der Waals surface area contributed by atoms with Gasteiger partial charge in [0, 0.05) is 0 Å². The summed E-state index contributed by atoms with van der Waals surface area (Å²) >= 11 is 0. The lowest BCUT2D eigenvalue weighted by atomic mass is 10.1. The second-order valence-electron chi connectivity index (χ2n) is 4.15. The summed E-state index contributed by atoms with van der Waals surface area (Å²) in [7, 11) is 0. The molecule has 90 valence electrons. The second-order valence-corrected chi connectivity index (χ2v) is 4.15. The van der Waals surface area contributed by atoms with Gasteiger partial charge >= 0.3 is 12.0 Å². The molecule has 0 bridgehead atoms. The zero-order chi connectivity index (χ0) is 12.6. The van der Waals surface area contributed by atoms with Gasteiger partial charge in [-0.25, -0.2) is 9.59 Å². The predicted octanol–water partition coefficient (Wildman–Crippen LogP) is 1.29. The Hall–Kier alpha value is -2.04. The van der Waals surface area contributed by atoms with E-state index >= 15 is 0 Å². The van der Waals surface area contributed by atoms with Crippen molar-refractivity contribution in [2.24, 2.45) is 0 Å². The van der Waals surface area contributed by atoms with Gasteiger partial charge < -0.3 is 10.4 Å². The van der Waals surface area contributed by atoms with E-state index in [1.807, 2.05) is 32.0 Å².